The lowest BCUT2D eigenvalue weighted by Gasteiger charge is -2.12. The predicted molar refractivity (Wildman–Crippen MR) is 96.1 cm³/mol. The summed E-state index contributed by atoms with van der Waals surface area (Å²) in [4.78, 5) is 0. The van der Waals surface area contributed by atoms with Gasteiger partial charge in [-0.15, -0.1) is 0 Å². The minimum Gasteiger partial charge on any atom is -0.497 e. The van der Waals surface area contributed by atoms with Gasteiger partial charge >= 0.3 is 0 Å². The van der Waals surface area contributed by atoms with Crippen LogP contribution in [0.15, 0.2) is 46.0 Å². The molecule has 6 heteroatoms. The molecule has 0 bridgehead atoms. The van der Waals surface area contributed by atoms with Crippen LogP contribution in [0.4, 0.5) is 5.69 Å². The molecule has 0 aliphatic carbocycles. The van der Waals surface area contributed by atoms with Crippen molar-refractivity contribution in [1.82, 2.24) is 0 Å². The molecule has 122 valence electrons. The summed E-state index contributed by atoms with van der Waals surface area (Å²) in [6.07, 6.45) is 1.72. The maximum Gasteiger partial charge on any atom is 0.175 e. The van der Waals surface area contributed by atoms with Gasteiger partial charge in [0.2, 0.25) is 0 Å². The first-order valence-electron chi connectivity index (χ1n) is 7.11. The molecule has 0 atom stereocenters. The smallest absolute Gasteiger partial charge is 0.175 e. The largest absolute Gasteiger partial charge is 0.497 e. The Labute approximate surface area is 144 Å². The first-order valence-corrected chi connectivity index (χ1v) is 7.90. The number of anilines is 1. The van der Waals surface area contributed by atoms with Crippen LogP contribution in [0.5, 0.6) is 17.2 Å². The van der Waals surface area contributed by atoms with E-state index in [4.69, 9.17) is 14.2 Å². The predicted octanol–water partition coefficient (Wildman–Crippen LogP) is 4.31. The zero-order valence-corrected chi connectivity index (χ0v) is 14.9. The van der Waals surface area contributed by atoms with E-state index in [9.17, 15) is 0 Å². The second kappa shape index (κ2) is 8.43. The van der Waals surface area contributed by atoms with E-state index in [2.05, 4.69) is 26.5 Å². The summed E-state index contributed by atoms with van der Waals surface area (Å²) in [5, 5.41) is 4.23. The van der Waals surface area contributed by atoms with Crippen molar-refractivity contribution in [2.45, 2.75) is 6.92 Å². The maximum absolute atomic E-state index is 5.57. The summed E-state index contributed by atoms with van der Waals surface area (Å²) in [7, 11) is 3.25. The van der Waals surface area contributed by atoms with Crippen LogP contribution in [0.1, 0.15) is 12.5 Å². The highest BCUT2D eigenvalue weighted by Gasteiger charge is 2.10. The Bertz CT molecular complexity index is 672. The van der Waals surface area contributed by atoms with Crippen molar-refractivity contribution in [3.05, 3.63) is 46.4 Å². The summed E-state index contributed by atoms with van der Waals surface area (Å²) in [6.45, 7) is 2.50. The van der Waals surface area contributed by atoms with Crippen molar-refractivity contribution in [3.63, 3.8) is 0 Å². The third kappa shape index (κ3) is 4.63. The summed E-state index contributed by atoms with van der Waals surface area (Å²) in [6, 6.07) is 11.3. The molecule has 5 nitrogen and oxygen atoms in total. The molecule has 0 aromatic heterocycles. The van der Waals surface area contributed by atoms with Crippen molar-refractivity contribution in [2.24, 2.45) is 5.10 Å². The molecule has 0 fully saturated rings. The van der Waals surface area contributed by atoms with Crippen molar-refractivity contribution in [3.8, 4) is 17.2 Å². The van der Waals surface area contributed by atoms with Crippen molar-refractivity contribution in [1.29, 1.82) is 0 Å². The van der Waals surface area contributed by atoms with E-state index in [1.165, 1.54) is 0 Å². The Morgan fingerprint density at radius 3 is 2.48 bits per heavy atom. The molecule has 0 heterocycles. The SMILES string of the molecule is CCOc1c(Br)cc(/C=N/Nc2ccc(OC)cc2)cc1OC. The summed E-state index contributed by atoms with van der Waals surface area (Å²) in [5.41, 5.74) is 4.73. The molecule has 0 amide bonds. The van der Waals surface area contributed by atoms with Crippen LogP contribution in [0, 0.1) is 0 Å². The molecule has 2 aromatic carbocycles. The van der Waals surface area contributed by atoms with Crippen LogP contribution in [-0.4, -0.2) is 27.0 Å². The van der Waals surface area contributed by atoms with Crippen molar-refractivity contribution >= 4 is 27.8 Å². The standard InChI is InChI=1S/C17H19BrN2O3/c1-4-23-17-15(18)9-12(10-16(17)22-3)11-19-20-13-5-7-14(21-2)8-6-13/h5-11,20H,4H2,1-3H3/b19-11+. The minimum atomic E-state index is 0.571. The maximum atomic E-state index is 5.57. The molecule has 0 aliphatic rings. The summed E-state index contributed by atoms with van der Waals surface area (Å²) in [5.74, 6) is 2.15. The van der Waals surface area contributed by atoms with E-state index < -0.39 is 0 Å². The van der Waals surface area contributed by atoms with Crippen molar-refractivity contribution in [2.75, 3.05) is 26.3 Å². The van der Waals surface area contributed by atoms with Crippen LogP contribution in [0.2, 0.25) is 0 Å². The van der Waals surface area contributed by atoms with Gasteiger partial charge in [0.25, 0.3) is 0 Å². The average Bonchev–Trinajstić information content (AvgIpc) is 2.57. The topological polar surface area (TPSA) is 52.1 Å². The number of methoxy groups -OCH3 is 2. The fourth-order valence-corrected chi connectivity index (χ4v) is 2.52. The van der Waals surface area contributed by atoms with Gasteiger partial charge in [0, 0.05) is 0 Å². The molecule has 0 aliphatic heterocycles. The quantitative estimate of drug-likeness (QED) is 0.575. The fraction of sp³-hybridized carbons (Fsp3) is 0.235. The van der Waals surface area contributed by atoms with E-state index in [0.29, 0.717) is 18.1 Å². The van der Waals surface area contributed by atoms with Gasteiger partial charge in [-0.3, -0.25) is 5.43 Å². The highest BCUT2D eigenvalue weighted by atomic mass is 79.9. The van der Waals surface area contributed by atoms with Gasteiger partial charge in [-0.2, -0.15) is 5.10 Å². The number of hydrogen-bond donors (Lipinski definition) is 1. The second-order valence-electron chi connectivity index (χ2n) is 4.57. The Kier molecular flexibility index (Phi) is 6.29. The van der Waals surface area contributed by atoms with E-state index in [1.54, 1.807) is 20.4 Å². The lowest BCUT2D eigenvalue weighted by molar-refractivity contribution is 0.309. The Balaban J connectivity index is 2.10. The Morgan fingerprint density at radius 2 is 1.87 bits per heavy atom. The highest BCUT2D eigenvalue weighted by molar-refractivity contribution is 9.10. The normalized spacial score (nSPS) is 10.6. The number of nitrogens with one attached hydrogen (secondary N) is 1. The molecule has 1 N–H and O–H groups in total. The number of halogens is 1. The zero-order valence-electron chi connectivity index (χ0n) is 13.3. The number of hydrogen-bond acceptors (Lipinski definition) is 5. The zero-order chi connectivity index (χ0) is 16.7. The minimum absolute atomic E-state index is 0.571. The van der Waals surface area contributed by atoms with E-state index in [-0.39, 0.29) is 0 Å². The van der Waals surface area contributed by atoms with Gasteiger partial charge in [-0.1, -0.05) is 0 Å². The number of hydrazone groups is 1. The first-order chi connectivity index (χ1) is 11.2. The molecule has 2 rings (SSSR count). The average molecular weight is 379 g/mol. The Hall–Kier alpha value is -2.21. The van der Waals surface area contributed by atoms with Gasteiger partial charge in [-0.05, 0) is 64.8 Å². The van der Waals surface area contributed by atoms with Gasteiger partial charge in [0.1, 0.15) is 5.75 Å². The van der Waals surface area contributed by atoms with Crippen LogP contribution < -0.4 is 19.6 Å². The van der Waals surface area contributed by atoms with Crippen LogP contribution in [-0.2, 0) is 0 Å². The second-order valence-corrected chi connectivity index (χ2v) is 5.42. The first kappa shape index (κ1) is 17.1. The number of benzene rings is 2. The molecule has 0 radical (unpaired) electrons. The van der Waals surface area contributed by atoms with E-state index in [0.717, 1.165) is 21.5 Å². The number of nitrogens with zero attached hydrogens (tertiary/aromatic N) is 1. The fourth-order valence-electron chi connectivity index (χ4n) is 1.95. The van der Waals surface area contributed by atoms with Gasteiger partial charge in [0.05, 0.1) is 37.2 Å². The van der Waals surface area contributed by atoms with Gasteiger partial charge in [0.15, 0.2) is 11.5 Å². The molecular formula is C17H19BrN2O3. The third-order valence-corrected chi connectivity index (χ3v) is 3.63. The van der Waals surface area contributed by atoms with Gasteiger partial charge in [-0.25, -0.2) is 0 Å². The summed E-state index contributed by atoms with van der Waals surface area (Å²) < 4.78 is 16.9. The molecule has 23 heavy (non-hydrogen) atoms. The van der Waals surface area contributed by atoms with Crippen LogP contribution in [0.25, 0.3) is 0 Å². The van der Waals surface area contributed by atoms with Crippen LogP contribution in [0.3, 0.4) is 0 Å². The molecule has 0 unspecified atom stereocenters. The monoisotopic (exact) mass is 378 g/mol. The van der Waals surface area contributed by atoms with E-state index in [1.807, 2.05) is 43.3 Å². The van der Waals surface area contributed by atoms with Crippen LogP contribution >= 0.6 is 15.9 Å². The number of ether oxygens (including phenoxy) is 3. The van der Waals surface area contributed by atoms with Crippen molar-refractivity contribution < 1.29 is 14.2 Å². The molecule has 0 saturated carbocycles. The molecule has 0 spiro atoms. The molecular weight excluding hydrogens is 360 g/mol. The molecule has 0 saturated heterocycles. The van der Waals surface area contributed by atoms with Gasteiger partial charge < -0.3 is 14.2 Å². The number of rotatable bonds is 7. The summed E-state index contributed by atoms with van der Waals surface area (Å²) >= 11 is 3.49. The van der Waals surface area contributed by atoms with E-state index >= 15 is 0 Å². The highest BCUT2D eigenvalue weighted by Crippen LogP contribution is 2.36. The lowest BCUT2D eigenvalue weighted by atomic mass is 10.2. The lowest BCUT2D eigenvalue weighted by Crippen LogP contribution is -1.98. The Morgan fingerprint density at radius 1 is 1.13 bits per heavy atom. The molecule has 2 aromatic rings. The third-order valence-electron chi connectivity index (χ3n) is 3.04.